The standard InChI is InChI=1S/C25H25N3O5/c26-13-15-28(16-14-27)23(29)11-9-20-5-4-6-21(19-20)10-12-24(30)32-17-18-33-25(31)22-7-2-1-3-8-22/h1-8,19H,9-12,15-18H2. The highest BCUT2D eigenvalue weighted by atomic mass is 16.6. The monoisotopic (exact) mass is 447 g/mol. The van der Waals surface area contributed by atoms with Crippen LogP contribution in [-0.2, 0) is 31.9 Å². The predicted octanol–water partition coefficient (Wildman–Crippen LogP) is 2.83. The Hall–Kier alpha value is -4.17. The van der Waals surface area contributed by atoms with Gasteiger partial charge in [0.25, 0.3) is 0 Å². The van der Waals surface area contributed by atoms with Crippen LogP contribution in [0.2, 0.25) is 0 Å². The first kappa shape index (κ1) is 25.1. The Labute approximate surface area is 192 Å². The lowest BCUT2D eigenvalue weighted by Gasteiger charge is -2.15. The number of ether oxygens (including phenoxy) is 2. The van der Waals surface area contributed by atoms with Gasteiger partial charge < -0.3 is 14.4 Å². The van der Waals surface area contributed by atoms with Gasteiger partial charge in [0.15, 0.2) is 0 Å². The van der Waals surface area contributed by atoms with Gasteiger partial charge >= 0.3 is 11.9 Å². The topological polar surface area (TPSA) is 120 Å². The fourth-order valence-corrected chi connectivity index (χ4v) is 3.02. The first-order valence-corrected chi connectivity index (χ1v) is 10.5. The number of hydrogen-bond donors (Lipinski definition) is 0. The van der Waals surface area contributed by atoms with Crippen LogP contribution in [0.5, 0.6) is 0 Å². The summed E-state index contributed by atoms with van der Waals surface area (Å²) in [7, 11) is 0. The Morgan fingerprint density at radius 1 is 0.788 bits per heavy atom. The lowest BCUT2D eigenvalue weighted by atomic mass is 10.0. The molecule has 2 rings (SSSR count). The number of benzene rings is 2. The summed E-state index contributed by atoms with van der Waals surface area (Å²) in [6, 6.07) is 19.9. The van der Waals surface area contributed by atoms with E-state index >= 15 is 0 Å². The number of nitriles is 2. The maximum Gasteiger partial charge on any atom is 0.338 e. The zero-order valence-corrected chi connectivity index (χ0v) is 18.2. The number of rotatable bonds is 12. The molecule has 0 aliphatic rings. The zero-order chi connectivity index (χ0) is 23.9. The molecule has 2 aromatic rings. The molecule has 0 unspecified atom stereocenters. The Morgan fingerprint density at radius 3 is 2.03 bits per heavy atom. The van der Waals surface area contributed by atoms with E-state index in [-0.39, 0.29) is 45.1 Å². The van der Waals surface area contributed by atoms with Crippen LogP contribution < -0.4 is 0 Å². The molecule has 0 fully saturated rings. The van der Waals surface area contributed by atoms with E-state index < -0.39 is 11.9 Å². The van der Waals surface area contributed by atoms with Crippen molar-refractivity contribution in [2.75, 3.05) is 26.3 Å². The summed E-state index contributed by atoms with van der Waals surface area (Å²) in [5.74, 6) is -1.11. The molecule has 0 saturated carbocycles. The van der Waals surface area contributed by atoms with Gasteiger partial charge in [-0.2, -0.15) is 10.5 Å². The molecular formula is C25H25N3O5. The minimum atomic E-state index is -0.467. The van der Waals surface area contributed by atoms with Crippen molar-refractivity contribution in [1.82, 2.24) is 4.90 Å². The molecule has 0 saturated heterocycles. The average molecular weight is 447 g/mol. The third-order valence-electron chi connectivity index (χ3n) is 4.70. The number of amides is 1. The number of carbonyl (C=O) groups is 3. The van der Waals surface area contributed by atoms with E-state index in [1.807, 2.05) is 36.4 Å². The highest BCUT2D eigenvalue weighted by Crippen LogP contribution is 2.11. The van der Waals surface area contributed by atoms with E-state index in [0.717, 1.165) is 11.1 Å². The van der Waals surface area contributed by atoms with E-state index in [0.29, 0.717) is 18.4 Å². The summed E-state index contributed by atoms with van der Waals surface area (Å²) in [6.45, 7) is -0.251. The second kappa shape index (κ2) is 14.0. The highest BCUT2D eigenvalue weighted by Gasteiger charge is 2.13. The summed E-state index contributed by atoms with van der Waals surface area (Å²) in [5, 5.41) is 17.5. The smallest absolute Gasteiger partial charge is 0.338 e. The molecule has 2 aromatic carbocycles. The summed E-state index contributed by atoms with van der Waals surface area (Å²) in [4.78, 5) is 37.2. The number of esters is 2. The lowest BCUT2D eigenvalue weighted by Crippen LogP contribution is -2.31. The maximum atomic E-state index is 12.2. The molecule has 0 N–H and O–H groups in total. The van der Waals surface area contributed by atoms with Gasteiger partial charge in [0, 0.05) is 12.8 Å². The second-order valence-electron chi connectivity index (χ2n) is 7.11. The van der Waals surface area contributed by atoms with Gasteiger partial charge in [-0.15, -0.1) is 0 Å². The van der Waals surface area contributed by atoms with Crippen molar-refractivity contribution in [3.05, 3.63) is 71.3 Å². The van der Waals surface area contributed by atoms with Crippen LogP contribution >= 0.6 is 0 Å². The molecule has 0 radical (unpaired) electrons. The number of nitrogens with zero attached hydrogens (tertiary/aromatic N) is 3. The summed E-state index contributed by atoms with van der Waals surface area (Å²) in [6.07, 6.45) is 1.31. The molecule has 1 amide bonds. The molecule has 0 spiro atoms. The third kappa shape index (κ3) is 9.24. The Balaban J connectivity index is 1.70. The van der Waals surface area contributed by atoms with Crippen LogP contribution in [0.4, 0.5) is 0 Å². The number of aryl methyl sites for hydroxylation is 2. The van der Waals surface area contributed by atoms with Crippen LogP contribution in [0, 0.1) is 22.7 Å². The number of carbonyl (C=O) groups excluding carboxylic acids is 3. The zero-order valence-electron chi connectivity index (χ0n) is 18.2. The Bertz CT molecular complexity index is 1010. The molecule has 33 heavy (non-hydrogen) atoms. The van der Waals surface area contributed by atoms with E-state index in [9.17, 15) is 14.4 Å². The van der Waals surface area contributed by atoms with Crippen LogP contribution in [0.1, 0.15) is 34.3 Å². The highest BCUT2D eigenvalue weighted by molar-refractivity contribution is 5.89. The van der Waals surface area contributed by atoms with E-state index in [1.54, 1.807) is 30.3 Å². The normalized spacial score (nSPS) is 9.88. The Morgan fingerprint density at radius 2 is 1.39 bits per heavy atom. The molecule has 8 nitrogen and oxygen atoms in total. The van der Waals surface area contributed by atoms with Gasteiger partial charge in [0.05, 0.1) is 17.7 Å². The van der Waals surface area contributed by atoms with Crippen molar-refractivity contribution in [2.24, 2.45) is 0 Å². The van der Waals surface area contributed by atoms with E-state index in [4.69, 9.17) is 20.0 Å². The summed E-state index contributed by atoms with van der Waals surface area (Å²) in [5.41, 5.74) is 2.29. The summed E-state index contributed by atoms with van der Waals surface area (Å²) < 4.78 is 10.2. The van der Waals surface area contributed by atoms with Gasteiger partial charge in [-0.05, 0) is 36.1 Å². The fraction of sp³-hybridized carbons (Fsp3) is 0.320. The molecule has 0 aliphatic heterocycles. The van der Waals surface area contributed by atoms with Crippen molar-refractivity contribution in [3.8, 4) is 12.1 Å². The van der Waals surface area contributed by atoms with E-state index in [2.05, 4.69) is 0 Å². The molecule has 0 atom stereocenters. The van der Waals surface area contributed by atoms with Gasteiger partial charge in [-0.25, -0.2) is 4.79 Å². The lowest BCUT2D eigenvalue weighted by molar-refractivity contribution is -0.144. The van der Waals surface area contributed by atoms with Crippen molar-refractivity contribution in [3.63, 3.8) is 0 Å². The molecule has 170 valence electrons. The van der Waals surface area contributed by atoms with Gasteiger partial charge in [0.1, 0.15) is 26.3 Å². The SMILES string of the molecule is N#CCN(CC#N)C(=O)CCc1cccc(CCC(=O)OCCOC(=O)c2ccccc2)c1. The van der Waals surface area contributed by atoms with Gasteiger partial charge in [-0.3, -0.25) is 9.59 Å². The first-order valence-electron chi connectivity index (χ1n) is 10.5. The molecule has 8 heteroatoms. The van der Waals surface area contributed by atoms with Crippen LogP contribution in [0.15, 0.2) is 54.6 Å². The second-order valence-corrected chi connectivity index (χ2v) is 7.11. The largest absolute Gasteiger partial charge is 0.462 e. The van der Waals surface area contributed by atoms with E-state index in [1.165, 1.54) is 4.90 Å². The third-order valence-corrected chi connectivity index (χ3v) is 4.70. The summed E-state index contributed by atoms with van der Waals surface area (Å²) >= 11 is 0. The van der Waals surface area contributed by atoms with Crippen molar-refractivity contribution >= 4 is 17.8 Å². The van der Waals surface area contributed by atoms with Gasteiger partial charge in [0.2, 0.25) is 5.91 Å². The minimum Gasteiger partial charge on any atom is -0.462 e. The Kier molecular flexibility index (Phi) is 10.6. The maximum absolute atomic E-state index is 12.2. The van der Waals surface area contributed by atoms with Crippen molar-refractivity contribution in [1.29, 1.82) is 10.5 Å². The van der Waals surface area contributed by atoms with Crippen molar-refractivity contribution < 1.29 is 23.9 Å². The average Bonchev–Trinajstić information content (AvgIpc) is 2.84. The van der Waals surface area contributed by atoms with Crippen LogP contribution in [-0.4, -0.2) is 49.0 Å². The quantitative estimate of drug-likeness (QED) is 0.279. The van der Waals surface area contributed by atoms with Gasteiger partial charge in [-0.1, -0.05) is 42.5 Å². The van der Waals surface area contributed by atoms with Crippen LogP contribution in [0.25, 0.3) is 0 Å². The fourth-order valence-electron chi connectivity index (χ4n) is 3.02. The molecule has 0 bridgehead atoms. The minimum absolute atomic E-state index is 0.0124. The molecule has 0 aromatic heterocycles. The van der Waals surface area contributed by atoms with Crippen molar-refractivity contribution in [2.45, 2.75) is 25.7 Å². The molecular weight excluding hydrogens is 422 g/mol. The van der Waals surface area contributed by atoms with Crippen LogP contribution in [0.3, 0.4) is 0 Å². The molecule has 0 heterocycles. The predicted molar refractivity (Wildman–Crippen MR) is 119 cm³/mol. The number of hydrogen-bond acceptors (Lipinski definition) is 7. The first-order chi connectivity index (χ1) is 16.0. The molecule has 0 aliphatic carbocycles.